The summed E-state index contributed by atoms with van der Waals surface area (Å²) in [6.45, 7) is 0.546. The summed E-state index contributed by atoms with van der Waals surface area (Å²) in [6, 6.07) is 19.5. The topological polar surface area (TPSA) is 131 Å². The number of H-pyrrole nitrogens is 1. The molecule has 3 aromatic carbocycles. The molecule has 11 nitrogen and oxygen atoms in total. The lowest BCUT2D eigenvalue weighted by molar-refractivity contribution is -0.146. The molecule has 226 valence electrons. The number of aromatic nitrogens is 1. The summed E-state index contributed by atoms with van der Waals surface area (Å²) < 4.78 is 17.0. The zero-order valence-electron chi connectivity index (χ0n) is 24.6. The number of nitrogens with zero attached hydrogens (tertiary/aromatic N) is 3. The fraction of sp³-hybridized carbons (Fsp3) is 0.312. The Morgan fingerprint density at radius 2 is 1.74 bits per heavy atom. The van der Waals surface area contributed by atoms with E-state index in [0.29, 0.717) is 36.3 Å². The molecule has 0 radical (unpaired) electrons. The van der Waals surface area contributed by atoms with Gasteiger partial charge < -0.3 is 39.4 Å². The maximum Gasteiger partial charge on any atom is 0.415 e. The summed E-state index contributed by atoms with van der Waals surface area (Å²) in [4.78, 5) is 34.6. The third kappa shape index (κ3) is 5.44. The van der Waals surface area contributed by atoms with Gasteiger partial charge in [-0.25, -0.2) is 4.79 Å². The average Bonchev–Trinajstić information content (AvgIpc) is 3.41. The van der Waals surface area contributed by atoms with E-state index >= 15 is 0 Å². The Labute approximate surface area is 249 Å². The number of para-hydroxylation sites is 3. The van der Waals surface area contributed by atoms with Gasteiger partial charge in [-0.3, -0.25) is 10.0 Å². The molecule has 1 aliphatic rings. The van der Waals surface area contributed by atoms with Crippen LogP contribution in [0.2, 0.25) is 0 Å². The van der Waals surface area contributed by atoms with Gasteiger partial charge in [-0.05, 0) is 49.1 Å². The Kier molecular flexibility index (Phi) is 8.47. The molecule has 5 rings (SSSR count). The lowest BCUT2D eigenvalue weighted by Gasteiger charge is -2.33. The molecule has 1 aliphatic heterocycles. The van der Waals surface area contributed by atoms with E-state index in [0.717, 1.165) is 22.2 Å². The van der Waals surface area contributed by atoms with Crippen molar-refractivity contribution in [1.29, 1.82) is 0 Å². The number of anilines is 2. The third-order valence-corrected chi connectivity index (χ3v) is 8.07. The number of benzene rings is 3. The Hall–Kier alpha value is -4.74. The first-order valence-electron chi connectivity index (χ1n) is 14.0. The average molecular weight is 588 g/mol. The molecule has 0 saturated heterocycles. The molecule has 1 unspecified atom stereocenters. The molecule has 0 aliphatic carbocycles. The van der Waals surface area contributed by atoms with Gasteiger partial charge in [0.1, 0.15) is 11.2 Å². The number of carbonyl (C=O) groups excluding carboxylic acids is 2. The molecule has 0 saturated carbocycles. The van der Waals surface area contributed by atoms with E-state index in [1.165, 1.54) is 19.2 Å². The number of methoxy groups -OCH3 is 2. The number of hydrogen-bond donors (Lipinski definition) is 2. The summed E-state index contributed by atoms with van der Waals surface area (Å²) in [5.41, 5.74) is 2.54. The third-order valence-electron chi connectivity index (χ3n) is 8.07. The Morgan fingerprint density at radius 3 is 2.47 bits per heavy atom. The lowest BCUT2D eigenvalue weighted by Crippen LogP contribution is -2.40. The molecule has 1 aromatic heterocycles. The standard InChI is InChI=1S/C32H35N4O7/c1-34(2)21-14-15-24(28(20-21)41-3)32(30(37)42-4)17-9-18-35(31(38)43-27-13-8-7-12-26(27)36(39)40)19-16-23-22-10-5-6-11-25(22)33-29(23)32/h5-8,10-15,20,33,39H,9,16-19H2,1-4H3/q-1. The predicted octanol–water partition coefficient (Wildman–Crippen LogP) is 5.23. The van der Waals surface area contributed by atoms with Crippen LogP contribution in [0.1, 0.15) is 29.7 Å². The molecular weight excluding hydrogens is 552 g/mol. The van der Waals surface area contributed by atoms with Crippen molar-refractivity contribution in [3.63, 3.8) is 0 Å². The van der Waals surface area contributed by atoms with Gasteiger partial charge in [-0.1, -0.05) is 36.4 Å². The number of nitrogens with one attached hydrogen (secondary N) is 1. The van der Waals surface area contributed by atoms with Gasteiger partial charge in [0.2, 0.25) is 0 Å². The lowest BCUT2D eigenvalue weighted by atomic mass is 9.71. The molecular formula is C32H35N4O7-. The van der Waals surface area contributed by atoms with Crippen molar-refractivity contribution in [2.24, 2.45) is 0 Å². The van der Waals surface area contributed by atoms with E-state index < -0.39 is 17.5 Å². The van der Waals surface area contributed by atoms with Gasteiger partial charge in [0.05, 0.1) is 19.9 Å². The van der Waals surface area contributed by atoms with Crippen LogP contribution in [0, 0.1) is 5.21 Å². The van der Waals surface area contributed by atoms with Crippen molar-refractivity contribution < 1.29 is 29.0 Å². The number of amides is 1. The molecule has 0 spiro atoms. The van der Waals surface area contributed by atoms with Crippen LogP contribution in [0.3, 0.4) is 0 Å². The van der Waals surface area contributed by atoms with Crippen LogP contribution >= 0.6 is 0 Å². The van der Waals surface area contributed by atoms with Crippen molar-refractivity contribution in [1.82, 2.24) is 9.88 Å². The minimum absolute atomic E-state index is 0.0627. The molecule has 2 heterocycles. The van der Waals surface area contributed by atoms with Crippen LogP contribution in [0.4, 0.5) is 16.2 Å². The molecule has 1 amide bonds. The quantitative estimate of drug-likeness (QED) is 0.230. The van der Waals surface area contributed by atoms with Crippen LogP contribution < -0.4 is 19.6 Å². The maximum atomic E-state index is 14.1. The second kappa shape index (κ2) is 12.2. The number of ether oxygens (including phenoxy) is 3. The molecule has 4 aromatic rings. The van der Waals surface area contributed by atoms with E-state index in [4.69, 9.17) is 14.2 Å². The van der Waals surface area contributed by atoms with Gasteiger partial charge in [-0.2, -0.15) is 0 Å². The highest BCUT2D eigenvalue weighted by molar-refractivity contribution is 5.94. The van der Waals surface area contributed by atoms with Crippen molar-refractivity contribution in [2.45, 2.75) is 24.7 Å². The number of esters is 1. The zero-order chi connectivity index (χ0) is 30.7. The van der Waals surface area contributed by atoms with Gasteiger partial charge in [0.15, 0.2) is 5.75 Å². The molecule has 0 fully saturated rings. The van der Waals surface area contributed by atoms with Crippen molar-refractivity contribution >= 4 is 34.3 Å². The van der Waals surface area contributed by atoms with Gasteiger partial charge in [-0.15, -0.1) is 0 Å². The van der Waals surface area contributed by atoms with Crippen molar-refractivity contribution in [2.75, 3.05) is 51.5 Å². The molecule has 43 heavy (non-hydrogen) atoms. The first-order valence-corrected chi connectivity index (χ1v) is 14.0. The van der Waals surface area contributed by atoms with Gasteiger partial charge >= 0.3 is 12.1 Å². The summed E-state index contributed by atoms with van der Waals surface area (Å²) in [6.07, 6.45) is 0.435. The number of fused-ring (bicyclic) bond motifs is 3. The second-order valence-corrected chi connectivity index (χ2v) is 10.6. The largest absolute Gasteiger partial charge is 0.733 e. The van der Waals surface area contributed by atoms with E-state index in [9.17, 15) is 20.0 Å². The molecule has 1 atom stereocenters. The highest BCUT2D eigenvalue weighted by Gasteiger charge is 2.48. The number of aromatic amines is 1. The Morgan fingerprint density at radius 1 is 1.00 bits per heavy atom. The normalized spacial score (nSPS) is 16.8. The summed E-state index contributed by atoms with van der Waals surface area (Å²) in [5, 5.41) is 21.7. The second-order valence-electron chi connectivity index (χ2n) is 10.6. The SMILES string of the molecule is COC(=O)C1(c2ccc(N(C)C)cc2OC)CCCN(C(=O)Oc2ccccc2N([O-])O)CCc2c1[nH]c1ccccc21. The highest BCUT2D eigenvalue weighted by atomic mass is 16.8. The number of hydrogen-bond acceptors (Lipinski definition) is 9. The molecule has 11 heteroatoms. The van der Waals surface area contributed by atoms with E-state index in [1.807, 2.05) is 61.5 Å². The summed E-state index contributed by atoms with van der Waals surface area (Å²) in [7, 11) is 6.82. The van der Waals surface area contributed by atoms with Gasteiger partial charge in [0, 0.05) is 61.1 Å². The van der Waals surface area contributed by atoms with Crippen LogP contribution in [-0.4, -0.2) is 68.6 Å². The fourth-order valence-corrected chi connectivity index (χ4v) is 5.95. The first kappa shape index (κ1) is 29.7. The summed E-state index contributed by atoms with van der Waals surface area (Å²) >= 11 is 0. The van der Waals surface area contributed by atoms with E-state index in [2.05, 4.69) is 4.98 Å². The maximum absolute atomic E-state index is 14.1. The fourth-order valence-electron chi connectivity index (χ4n) is 5.95. The monoisotopic (exact) mass is 587 g/mol. The zero-order valence-corrected chi connectivity index (χ0v) is 24.6. The highest BCUT2D eigenvalue weighted by Crippen LogP contribution is 2.46. The Bertz CT molecular complexity index is 1630. The molecule has 2 N–H and O–H groups in total. The van der Waals surface area contributed by atoms with Crippen LogP contribution in [0.5, 0.6) is 11.5 Å². The van der Waals surface area contributed by atoms with Crippen LogP contribution in [-0.2, 0) is 21.4 Å². The van der Waals surface area contributed by atoms with Crippen molar-refractivity contribution in [3.05, 3.63) is 88.8 Å². The number of rotatable bonds is 6. The van der Waals surface area contributed by atoms with E-state index in [1.54, 1.807) is 24.1 Å². The van der Waals surface area contributed by atoms with Crippen LogP contribution in [0.15, 0.2) is 66.7 Å². The molecule has 0 bridgehead atoms. The Balaban J connectivity index is 1.63. The minimum atomic E-state index is -1.27. The minimum Gasteiger partial charge on any atom is -0.733 e. The van der Waals surface area contributed by atoms with E-state index in [-0.39, 0.29) is 29.8 Å². The van der Waals surface area contributed by atoms with Gasteiger partial charge in [0.25, 0.3) is 0 Å². The first-order chi connectivity index (χ1) is 20.7. The smallest absolute Gasteiger partial charge is 0.415 e. The predicted molar refractivity (Wildman–Crippen MR) is 163 cm³/mol. The van der Waals surface area contributed by atoms with Crippen LogP contribution in [0.25, 0.3) is 10.9 Å². The number of carbonyl (C=O) groups is 2. The summed E-state index contributed by atoms with van der Waals surface area (Å²) in [5.74, 6) is 0.0337. The van der Waals surface area contributed by atoms with Crippen molar-refractivity contribution in [3.8, 4) is 11.5 Å².